The number of aromatic nitrogens is 12. The molecule has 2 aromatic carbocycles. The molecule has 0 saturated carbocycles. The van der Waals surface area contributed by atoms with Crippen molar-refractivity contribution in [1.82, 2.24) is 57.3 Å². The van der Waals surface area contributed by atoms with Crippen molar-refractivity contribution in [2.45, 2.75) is 0 Å². The van der Waals surface area contributed by atoms with E-state index in [1.54, 1.807) is 12.4 Å². The van der Waals surface area contributed by atoms with Crippen molar-refractivity contribution in [3.05, 3.63) is 111 Å². The smallest absolute Gasteiger partial charge is 0.467 e. The van der Waals surface area contributed by atoms with Crippen LogP contribution in [0.3, 0.4) is 0 Å². The third-order valence-corrected chi connectivity index (χ3v) is 8.69. The molecule has 0 fully saturated rings. The minimum atomic E-state index is 0. The molecular formula is C36H28N12Pt2. The Kier molecular flexibility index (Phi) is 8.62. The topological polar surface area (TPSA) is 109 Å². The molecule has 0 N–H and O–H groups in total. The Morgan fingerprint density at radius 3 is 1.34 bits per heavy atom. The first-order valence-electron chi connectivity index (χ1n) is 15.4. The Labute approximate surface area is 314 Å². The Bertz CT molecular complexity index is 2570. The van der Waals surface area contributed by atoms with Gasteiger partial charge in [-0.2, -0.15) is 0 Å². The molecule has 10 aromatic rings. The van der Waals surface area contributed by atoms with E-state index in [4.69, 9.17) is 9.97 Å². The largest absolute Gasteiger partial charge is 2.00 e. The predicted octanol–water partition coefficient (Wildman–Crippen LogP) is 5.35. The zero-order valence-electron chi connectivity index (χ0n) is 27.2. The number of hydrogen-bond donors (Lipinski definition) is 0. The quantitative estimate of drug-likeness (QED) is 0.221. The van der Waals surface area contributed by atoms with Crippen LogP contribution in [-0.4, -0.2) is 47.3 Å². The molecule has 14 heteroatoms. The molecule has 0 amide bonds. The van der Waals surface area contributed by atoms with Crippen LogP contribution in [0.5, 0.6) is 0 Å². The fourth-order valence-electron chi connectivity index (χ4n) is 6.41. The summed E-state index contributed by atoms with van der Waals surface area (Å²) in [5, 5.41) is 4.49. The molecule has 0 spiro atoms. The SMILES string of the molecule is Cn1[c-]nc(-n2ccc3c4cccc(-c5nccn5C)c4[n-]c32)c1.Cn1[c-]nc(-n2ccc3c4cccc(-c5nccn5C)c4[n-]c32)c1.[Pt+2].[Pt+2]. The number of rotatable bonds is 4. The third-order valence-electron chi connectivity index (χ3n) is 8.69. The number of para-hydroxylation sites is 2. The molecule has 0 atom stereocenters. The van der Waals surface area contributed by atoms with Crippen LogP contribution in [-0.2, 0) is 70.3 Å². The van der Waals surface area contributed by atoms with Gasteiger partial charge in [-0.3, -0.25) is 0 Å². The van der Waals surface area contributed by atoms with Gasteiger partial charge in [0.1, 0.15) is 11.6 Å². The van der Waals surface area contributed by atoms with E-state index >= 15 is 0 Å². The van der Waals surface area contributed by atoms with E-state index in [9.17, 15) is 0 Å². The number of aryl methyl sites for hydroxylation is 4. The molecule has 50 heavy (non-hydrogen) atoms. The van der Waals surface area contributed by atoms with Gasteiger partial charge in [-0.05, 0) is 46.7 Å². The van der Waals surface area contributed by atoms with Crippen LogP contribution < -0.4 is 9.97 Å². The van der Waals surface area contributed by atoms with Crippen molar-refractivity contribution in [2.24, 2.45) is 28.2 Å². The first kappa shape index (κ1) is 33.3. The van der Waals surface area contributed by atoms with Crippen molar-refractivity contribution >= 4 is 43.9 Å². The van der Waals surface area contributed by atoms with Gasteiger partial charge in [-0.1, -0.05) is 83.9 Å². The predicted molar refractivity (Wildman–Crippen MR) is 184 cm³/mol. The fourth-order valence-corrected chi connectivity index (χ4v) is 6.41. The Morgan fingerprint density at radius 1 is 0.540 bits per heavy atom. The zero-order chi connectivity index (χ0) is 32.5. The first-order valence-corrected chi connectivity index (χ1v) is 15.4. The number of benzene rings is 2. The maximum Gasteiger partial charge on any atom is 2.00 e. The Balaban J connectivity index is 0.000000151. The molecule has 8 heterocycles. The Morgan fingerprint density at radius 2 is 0.980 bits per heavy atom. The van der Waals surface area contributed by atoms with Crippen LogP contribution in [0, 0.1) is 12.7 Å². The second-order valence-electron chi connectivity index (χ2n) is 11.8. The van der Waals surface area contributed by atoms with Gasteiger partial charge >= 0.3 is 42.1 Å². The van der Waals surface area contributed by atoms with Crippen molar-refractivity contribution < 1.29 is 42.1 Å². The van der Waals surface area contributed by atoms with Gasteiger partial charge < -0.3 is 47.3 Å². The third kappa shape index (κ3) is 5.30. The number of hydrogen-bond acceptors (Lipinski definition) is 4. The summed E-state index contributed by atoms with van der Waals surface area (Å²) in [5.41, 5.74) is 5.81. The molecular weight excluding hydrogens is 991 g/mol. The number of nitrogens with zero attached hydrogens (tertiary/aromatic N) is 12. The van der Waals surface area contributed by atoms with Crippen LogP contribution in [0.15, 0.2) is 98.1 Å². The zero-order valence-corrected chi connectivity index (χ0v) is 31.8. The summed E-state index contributed by atoms with van der Waals surface area (Å²) in [6, 6.07) is 16.6. The van der Waals surface area contributed by atoms with Gasteiger partial charge in [0.2, 0.25) is 0 Å². The average Bonchev–Trinajstić information content (AvgIpc) is 3.91. The normalized spacial score (nSPS) is 11.3. The summed E-state index contributed by atoms with van der Waals surface area (Å²) in [4.78, 5) is 27.4. The van der Waals surface area contributed by atoms with Gasteiger partial charge in [-0.25, -0.2) is 9.97 Å². The van der Waals surface area contributed by atoms with Crippen molar-refractivity contribution in [3.8, 4) is 34.4 Å². The van der Waals surface area contributed by atoms with E-state index in [0.29, 0.717) is 0 Å². The Hall–Kier alpha value is -5.18. The van der Waals surface area contributed by atoms with Gasteiger partial charge in [-0.15, -0.1) is 12.4 Å². The first-order chi connectivity index (χ1) is 23.4. The van der Waals surface area contributed by atoms with Crippen molar-refractivity contribution in [1.29, 1.82) is 0 Å². The van der Waals surface area contributed by atoms with Gasteiger partial charge in [0, 0.05) is 62.7 Å². The number of imidazole rings is 4. The van der Waals surface area contributed by atoms with E-state index in [0.717, 1.165) is 78.3 Å². The molecule has 252 valence electrons. The minimum absolute atomic E-state index is 0. The molecule has 0 aliphatic carbocycles. The second-order valence-corrected chi connectivity index (χ2v) is 11.8. The average molecular weight is 1020 g/mol. The molecule has 0 bridgehead atoms. The van der Waals surface area contributed by atoms with Crippen LogP contribution in [0.4, 0.5) is 0 Å². The maximum atomic E-state index is 4.90. The molecule has 12 nitrogen and oxygen atoms in total. The van der Waals surface area contributed by atoms with Crippen LogP contribution in [0.1, 0.15) is 0 Å². The van der Waals surface area contributed by atoms with E-state index in [2.05, 4.69) is 81.1 Å². The minimum Gasteiger partial charge on any atom is -0.467 e. The van der Waals surface area contributed by atoms with Gasteiger partial charge in [0.15, 0.2) is 0 Å². The fraction of sp³-hybridized carbons (Fsp3) is 0.111. The molecule has 0 unspecified atom stereocenters. The van der Waals surface area contributed by atoms with Crippen molar-refractivity contribution in [2.75, 3.05) is 0 Å². The molecule has 0 aliphatic heterocycles. The monoisotopic (exact) mass is 1020 g/mol. The second kappa shape index (κ2) is 12.9. The summed E-state index contributed by atoms with van der Waals surface area (Å²) >= 11 is 0. The standard InChI is InChI=1S/2C18H14N6.2Pt/c2*1-22-10-15(20-11-22)24-8-6-13-12-4-3-5-14(16(12)21-18(13)24)17-19-7-9-23(17)2;;/h2*3-10H,1-2H3;;/q2*-2;2*+2. The summed E-state index contributed by atoms with van der Waals surface area (Å²) in [5.74, 6) is 3.46. The van der Waals surface area contributed by atoms with Gasteiger partial charge in [0.05, 0.1) is 0 Å². The summed E-state index contributed by atoms with van der Waals surface area (Å²) < 4.78 is 11.6. The van der Waals surface area contributed by atoms with Crippen LogP contribution in [0.25, 0.3) is 78.3 Å². The van der Waals surface area contributed by atoms with Crippen LogP contribution in [0.2, 0.25) is 0 Å². The molecule has 0 saturated heterocycles. The van der Waals surface area contributed by atoms with E-state index < -0.39 is 0 Å². The summed E-state index contributed by atoms with van der Waals surface area (Å²) in [6.07, 6.45) is 21.2. The molecule has 10 rings (SSSR count). The summed E-state index contributed by atoms with van der Waals surface area (Å²) in [6.45, 7) is 0. The van der Waals surface area contributed by atoms with Crippen LogP contribution >= 0.6 is 0 Å². The van der Waals surface area contributed by atoms with E-state index in [-0.39, 0.29) is 42.1 Å². The van der Waals surface area contributed by atoms with E-state index in [1.807, 2.05) is 92.8 Å². The van der Waals surface area contributed by atoms with E-state index in [1.165, 1.54) is 0 Å². The van der Waals surface area contributed by atoms with Crippen molar-refractivity contribution in [3.63, 3.8) is 0 Å². The summed E-state index contributed by atoms with van der Waals surface area (Å²) in [7, 11) is 7.80. The number of fused-ring (bicyclic) bond motifs is 6. The molecule has 0 aliphatic rings. The molecule has 8 aromatic heterocycles. The molecule has 0 radical (unpaired) electrons. The maximum absolute atomic E-state index is 4.90. The van der Waals surface area contributed by atoms with Gasteiger partial charge in [0.25, 0.3) is 0 Å².